The molecule has 1 fully saturated rings. The minimum atomic E-state index is -1.32. The zero-order chi connectivity index (χ0) is 8.82. The molecule has 0 aromatic carbocycles. The van der Waals surface area contributed by atoms with Crippen molar-refractivity contribution < 1.29 is 19.7 Å². The molecule has 1 aliphatic heterocycles. The van der Waals surface area contributed by atoms with Gasteiger partial charge in [-0.3, -0.25) is 4.89 Å². The maximum absolute atomic E-state index is 11.0. The number of hydrogen-bond donors (Lipinski definition) is 1. The molecule has 2 atom stereocenters. The van der Waals surface area contributed by atoms with Crippen LogP contribution in [0.2, 0.25) is 0 Å². The number of rotatable bonds is 1. The number of alkyl halides is 1. The van der Waals surface area contributed by atoms with Gasteiger partial charge in [-0.25, -0.2) is 4.79 Å². The smallest absolute Gasteiger partial charge is 0.325 e. The average molecular weight is 189 g/mol. The minimum absolute atomic E-state index is 0.905. The normalized spacial score (nSPS) is 42.2. The van der Waals surface area contributed by atoms with Crippen LogP contribution in [-0.2, 0) is 14.4 Å². The largest absolute Gasteiger partial charge is 0.382 e. The fraction of sp³-hybridized carbons (Fsp3) is 0.286. The lowest BCUT2D eigenvalue weighted by Gasteiger charge is -2.06. The van der Waals surface area contributed by atoms with Crippen molar-refractivity contribution in [2.45, 2.75) is 10.7 Å². The monoisotopic (exact) mass is 188 g/mol. The van der Waals surface area contributed by atoms with Crippen molar-refractivity contribution in [2.75, 3.05) is 0 Å². The number of hydrogen-bond acceptors (Lipinski definition) is 4. The summed E-state index contributed by atoms with van der Waals surface area (Å²) >= 11 is 5.80. The van der Waals surface area contributed by atoms with Crippen LogP contribution in [0.4, 0.5) is 0 Å². The molecule has 0 aromatic heterocycles. The maximum Gasteiger partial charge on any atom is 0.382 e. The molecule has 0 amide bonds. The molecule has 5 heteroatoms. The molecule has 1 N–H and O–H groups in total. The molecule has 0 spiro atoms. The number of ether oxygens (including phenoxy) is 1. The van der Waals surface area contributed by atoms with Crippen LogP contribution in [0, 0.1) is 0 Å². The Morgan fingerprint density at radius 2 is 2.17 bits per heavy atom. The van der Waals surface area contributed by atoms with Gasteiger partial charge in [-0.15, -0.1) is 0 Å². The second-order valence-electron chi connectivity index (χ2n) is 2.58. The van der Waals surface area contributed by atoms with E-state index in [1.54, 1.807) is 12.2 Å². The predicted octanol–water partition coefficient (Wildman–Crippen LogP) is 0.833. The van der Waals surface area contributed by atoms with Crippen LogP contribution in [0.1, 0.15) is 0 Å². The van der Waals surface area contributed by atoms with E-state index >= 15 is 0 Å². The number of carbonyl (C=O) groups excluding carboxylic acids is 1. The van der Waals surface area contributed by atoms with Crippen LogP contribution >= 0.6 is 11.6 Å². The Hall–Kier alpha value is -0.840. The van der Waals surface area contributed by atoms with Gasteiger partial charge in [0.1, 0.15) is 0 Å². The Balaban J connectivity index is 2.32. The van der Waals surface area contributed by atoms with Crippen molar-refractivity contribution >= 4 is 17.6 Å². The third-order valence-electron chi connectivity index (χ3n) is 1.91. The van der Waals surface area contributed by atoms with E-state index in [1.165, 1.54) is 12.2 Å². The molecule has 0 aromatic rings. The lowest BCUT2D eigenvalue weighted by molar-refractivity contribution is -0.238. The molecule has 2 rings (SSSR count). The van der Waals surface area contributed by atoms with Crippen molar-refractivity contribution in [3.63, 3.8) is 0 Å². The molecular formula is C7H5ClO4. The Kier molecular flexibility index (Phi) is 1.36. The van der Waals surface area contributed by atoms with Crippen molar-refractivity contribution in [3.05, 3.63) is 24.3 Å². The van der Waals surface area contributed by atoms with Gasteiger partial charge in [0.15, 0.2) is 0 Å². The van der Waals surface area contributed by atoms with Crippen molar-refractivity contribution in [1.29, 1.82) is 0 Å². The summed E-state index contributed by atoms with van der Waals surface area (Å²) in [5.74, 6) is -0.905. The fourth-order valence-electron chi connectivity index (χ4n) is 1.20. The fourth-order valence-corrected chi connectivity index (χ4v) is 1.54. The van der Waals surface area contributed by atoms with Gasteiger partial charge in [0, 0.05) is 0 Å². The van der Waals surface area contributed by atoms with Gasteiger partial charge in [0.25, 0.3) is 0 Å². The molecule has 0 saturated carbocycles. The van der Waals surface area contributed by atoms with E-state index in [2.05, 4.69) is 4.89 Å². The zero-order valence-electron chi connectivity index (χ0n) is 5.86. The third-order valence-corrected chi connectivity index (χ3v) is 2.40. The molecule has 64 valence electrons. The summed E-state index contributed by atoms with van der Waals surface area (Å²) in [5, 5.41) is 6.98. The van der Waals surface area contributed by atoms with E-state index in [0.29, 0.717) is 0 Å². The van der Waals surface area contributed by atoms with Crippen molar-refractivity contribution in [1.82, 2.24) is 0 Å². The number of epoxide rings is 1. The zero-order valence-corrected chi connectivity index (χ0v) is 6.62. The van der Waals surface area contributed by atoms with Crippen LogP contribution in [0.15, 0.2) is 24.3 Å². The quantitative estimate of drug-likeness (QED) is 0.287. The van der Waals surface area contributed by atoms with E-state index in [-0.39, 0.29) is 0 Å². The molecular weight excluding hydrogens is 184 g/mol. The lowest BCUT2D eigenvalue weighted by atomic mass is 10.0. The first kappa shape index (κ1) is 7.79. The topological polar surface area (TPSA) is 59.1 Å². The second-order valence-corrected chi connectivity index (χ2v) is 3.14. The molecule has 12 heavy (non-hydrogen) atoms. The first-order valence-electron chi connectivity index (χ1n) is 3.27. The van der Waals surface area contributed by atoms with Crippen LogP contribution in [-0.4, -0.2) is 21.9 Å². The van der Waals surface area contributed by atoms with Gasteiger partial charge in [-0.1, -0.05) is 23.8 Å². The Labute approximate surface area is 73.0 Å². The SMILES string of the molecule is O=C(OO)C12C=CC=CC1(Cl)O2. The van der Waals surface area contributed by atoms with E-state index in [1.807, 2.05) is 0 Å². The second kappa shape index (κ2) is 2.10. The van der Waals surface area contributed by atoms with Gasteiger partial charge < -0.3 is 4.74 Å². The average Bonchev–Trinajstić information content (AvgIpc) is 2.71. The molecule has 1 aliphatic carbocycles. The first-order valence-corrected chi connectivity index (χ1v) is 3.64. The maximum atomic E-state index is 11.0. The highest BCUT2D eigenvalue weighted by Crippen LogP contribution is 2.55. The summed E-state index contributed by atoms with van der Waals surface area (Å²) in [5.41, 5.74) is -1.32. The number of carbonyl (C=O) groups is 1. The van der Waals surface area contributed by atoms with Crippen LogP contribution in [0.5, 0.6) is 0 Å². The van der Waals surface area contributed by atoms with Gasteiger partial charge in [-0.05, 0) is 12.2 Å². The molecule has 2 aliphatic rings. The predicted molar refractivity (Wildman–Crippen MR) is 39.4 cm³/mol. The standard InChI is InChI=1S/C7H5ClO4/c8-7-4-2-1-3-6(7,12-7)5(9)11-10/h1-4,10H. The number of allylic oxidation sites excluding steroid dienone is 2. The number of fused-ring (bicyclic) bond motifs is 1. The van der Waals surface area contributed by atoms with Crippen molar-refractivity contribution in [3.8, 4) is 0 Å². The molecule has 0 bridgehead atoms. The van der Waals surface area contributed by atoms with Crippen LogP contribution in [0.25, 0.3) is 0 Å². The third kappa shape index (κ3) is 0.717. The highest BCUT2D eigenvalue weighted by atomic mass is 35.5. The number of halogens is 1. The summed E-state index contributed by atoms with van der Waals surface area (Å²) in [7, 11) is 0. The highest BCUT2D eigenvalue weighted by molar-refractivity contribution is 6.30. The Bertz CT molecular complexity index is 298. The molecule has 0 radical (unpaired) electrons. The Morgan fingerprint density at radius 1 is 1.50 bits per heavy atom. The molecule has 1 saturated heterocycles. The van der Waals surface area contributed by atoms with Crippen LogP contribution in [0.3, 0.4) is 0 Å². The van der Waals surface area contributed by atoms with E-state index < -0.39 is 16.6 Å². The van der Waals surface area contributed by atoms with E-state index in [4.69, 9.17) is 21.6 Å². The summed E-state index contributed by atoms with van der Waals surface area (Å²) in [6.45, 7) is 0. The lowest BCUT2D eigenvalue weighted by Crippen LogP contribution is -2.30. The van der Waals surface area contributed by atoms with Crippen LogP contribution < -0.4 is 0 Å². The van der Waals surface area contributed by atoms with Gasteiger partial charge in [-0.2, -0.15) is 5.26 Å². The molecule has 2 unspecified atom stereocenters. The summed E-state index contributed by atoms with van der Waals surface area (Å²) < 4.78 is 4.96. The van der Waals surface area contributed by atoms with E-state index in [0.717, 1.165) is 0 Å². The summed E-state index contributed by atoms with van der Waals surface area (Å²) in [6.07, 6.45) is 6.22. The van der Waals surface area contributed by atoms with Gasteiger partial charge in [0.05, 0.1) is 0 Å². The van der Waals surface area contributed by atoms with Gasteiger partial charge in [0.2, 0.25) is 10.7 Å². The summed E-state index contributed by atoms with van der Waals surface area (Å²) in [6, 6.07) is 0. The minimum Gasteiger partial charge on any atom is -0.325 e. The first-order chi connectivity index (χ1) is 5.65. The highest BCUT2D eigenvalue weighted by Gasteiger charge is 2.74. The van der Waals surface area contributed by atoms with Gasteiger partial charge >= 0.3 is 5.97 Å². The Morgan fingerprint density at radius 3 is 2.75 bits per heavy atom. The van der Waals surface area contributed by atoms with E-state index in [9.17, 15) is 4.79 Å². The summed E-state index contributed by atoms with van der Waals surface area (Å²) in [4.78, 5) is 14.5. The van der Waals surface area contributed by atoms with Crippen molar-refractivity contribution in [2.24, 2.45) is 0 Å². The molecule has 4 nitrogen and oxygen atoms in total. The molecule has 1 heterocycles.